The lowest BCUT2D eigenvalue weighted by Crippen LogP contribution is -3.09. The van der Waals surface area contributed by atoms with Crippen LogP contribution in [-0.2, 0) is 0 Å². The normalized spacial score (nSPS) is 38.2. The van der Waals surface area contributed by atoms with E-state index in [0.717, 1.165) is 6.54 Å². The third-order valence-electron chi connectivity index (χ3n) is 1.91. The van der Waals surface area contributed by atoms with E-state index < -0.39 is 0 Å². The van der Waals surface area contributed by atoms with E-state index in [9.17, 15) is 0 Å². The van der Waals surface area contributed by atoms with Crippen molar-refractivity contribution < 1.29 is 4.90 Å². The second-order valence-electron chi connectivity index (χ2n) is 2.48. The van der Waals surface area contributed by atoms with E-state index in [1.165, 1.54) is 24.3 Å². The number of likely N-dealkylation sites (tertiary alicyclic amines) is 1. The maximum Gasteiger partial charge on any atom is 0.0761 e. The van der Waals surface area contributed by atoms with Crippen LogP contribution in [0.4, 0.5) is 0 Å². The SMILES string of the molecule is [CH2-][NH+]1CCC[C@@H]1CN. The van der Waals surface area contributed by atoms with Gasteiger partial charge >= 0.3 is 0 Å². The van der Waals surface area contributed by atoms with Crippen LogP contribution in [0.25, 0.3) is 0 Å². The molecule has 1 rings (SSSR count). The molecule has 2 nitrogen and oxygen atoms in total. The molecule has 0 aromatic rings. The van der Waals surface area contributed by atoms with Gasteiger partial charge in [-0.1, -0.05) is 0 Å². The highest BCUT2D eigenvalue weighted by Crippen LogP contribution is 1.96. The largest absolute Gasteiger partial charge is 0.464 e. The number of nitrogens with one attached hydrogen (secondary N) is 1. The average Bonchev–Trinajstić information content (AvgIpc) is 2.14. The summed E-state index contributed by atoms with van der Waals surface area (Å²) in [6, 6.07) is 0.648. The van der Waals surface area contributed by atoms with Crippen molar-refractivity contribution in [3.8, 4) is 0 Å². The first-order chi connectivity index (χ1) is 3.84. The minimum absolute atomic E-state index is 0.648. The van der Waals surface area contributed by atoms with Gasteiger partial charge in [0.15, 0.2) is 0 Å². The second-order valence-corrected chi connectivity index (χ2v) is 2.48. The van der Waals surface area contributed by atoms with E-state index in [-0.39, 0.29) is 0 Å². The monoisotopic (exact) mass is 114 g/mol. The molecule has 3 N–H and O–H groups in total. The molecule has 1 heterocycles. The van der Waals surface area contributed by atoms with Crippen LogP contribution in [0.2, 0.25) is 0 Å². The topological polar surface area (TPSA) is 30.5 Å². The van der Waals surface area contributed by atoms with Crippen molar-refractivity contribution in [2.45, 2.75) is 18.9 Å². The van der Waals surface area contributed by atoms with Crippen LogP contribution >= 0.6 is 0 Å². The third kappa shape index (κ3) is 1.01. The van der Waals surface area contributed by atoms with Gasteiger partial charge in [0.05, 0.1) is 12.6 Å². The van der Waals surface area contributed by atoms with Crippen molar-refractivity contribution in [2.24, 2.45) is 5.73 Å². The van der Waals surface area contributed by atoms with Gasteiger partial charge in [-0.05, 0) is 6.42 Å². The first-order valence-electron chi connectivity index (χ1n) is 3.22. The molecule has 48 valence electrons. The number of rotatable bonds is 1. The minimum Gasteiger partial charge on any atom is -0.464 e. The lowest BCUT2D eigenvalue weighted by molar-refractivity contribution is -0.864. The van der Waals surface area contributed by atoms with Gasteiger partial charge in [-0.15, -0.1) is 0 Å². The predicted molar refractivity (Wildman–Crippen MR) is 33.3 cm³/mol. The van der Waals surface area contributed by atoms with Gasteiger partial charge in [0.2, 0.25) is 0 Å². The van der Waals surface area contributed by atoms with E-state index >= 15 is 0 Å². The summed E-state index contributed by atoms with van der Waals surface area (Å²) in [5.41, 5.74) is 5.46. The van der Waals surface area contributed by atoms with Crippen molar-refractivity contribution in [1.82, 2.24) is 0 Å². The van der Waals surface area contributed by atoms with E-state index in [1.54, 1.807) is 0 Å². The molecule has 8 heavy (non-hydrogen) atoms. The van der Waals surface area contributed by atoms with Gasteiger partial charge in [0.1, 0.15) is 0 Å². The van der Waals surface area contributed by atoms with E-state index in [0.29, 0.717) is 6.04 Å². The highest BCUT2D eigenvalue weighted by atomic mass is 15.2. The van der Waals surface area contributed by atoms with E-state index in [1.807, 2.05) is 0 Å². The third-order valence-corrected chi connectivity index (χ3v) is 1.91. The highest BCUT2D eigenvalue weighted by Gasteiger charge is 2.18. The van der Waals surface area contributed by atoms with Crippen LogP contribution < -0.4 is 10.6 Å². The zero-order valence-electron chi connectivity index (χ0n) is 5.19. The fraction of sp³-hybridized carbons (Fsp3) is 0.833. The smallest absolute Gasteiger partial charge is 0.0761 e. The lowest BCUT2D eigenvalue weighted by atomic mass is 10.2. The molecular formula is C6H14N2. The Balaban J connectivity index is 2.30. The Kier molecular flexibility index (Phi) is 1.86. The van der Waals surface area contributed by atoms with Crippen molar-refractivity contribution in [2.75, 3.05) is 13.1 Å². The number of hydrogen-bond acceptors (Lipinski definition) is 1. The lowest BCUT2D eigenvalue weighted by Gasteiger charge is -2.20. The fourth-order valence-electron chi connectivity index (χ4n) is 1.27. The molecule has 0 aromatic heterocycles. The molecule has 0 saturated carbocycles. The predicted octanol–water partition coefficient (Wildman–Crippen LogP) is -1.22. The quantitative estimate of drug-likeness (QED) is 0.411. The molecule has 0 amide bonds. The second kappa shape index (κ2) is 2.46. The summed E-state index contributed by atoms with van der Waals surface area (Å²) >= 11 is 0. The zero-order chi connectivity index (χ0) is 5.98. The molecule has 1 fully saturated rings. The Labute approximate surface area is 50.7 Å². The Hall–Kier alpha value is -0.0800. The molecule has 2 atom stereocenters. The fourth-order valence-corrected chi connectivity index (χ4v) is 1.27. The van der Waals surface area contributed by atoms with Crippen molar-refractivity contribution >= 4 is 0 Å². The molecule has 0 spiro atoms. The van der Waals surface area contributed by atoms with Gasteiger partial charge in [0.25, 0.3) is 0 Å². The van der Waals surface area contributed by atoms with Gasteiger partial charge in [-0.2, -0.15) is 7.05 Å². The number of nitrogens with two attached hydrogens (primary N) is 1. The maximum atomic E-state index is 5.46. The molecule has 2 heteroatoms. The zero-order valence-corrected chi connectivity index (χ0v) is 5.19. The first kappa shape index (κ1) is 6.05. The van der Waals surface area contributed by atoms with Crippen LogP contribution in [0.15, 0.2) is 0 Å². The molecule has 0 aliphatic carbocycles. The van der Waals surface area contributed by atoms with Crippen LogP contribution in [0, 0.1) is 7.05 Å². The minimum atomic E-state index is 0.648. The standard InChI is InChI=1S/C6H14N2/c1-8-4-2-3-6(8)5-7/h6,8H,1-5,7H2/t6-/m1/s1. The van der Waals surface area contributed by atoms with Crippen molar-refractivity contribution in [3.05, 3.63) is 7.05 Å². The van der Waals surface area contributed by atoms with Gasteiger partial charge in [-0.25, -0.2) is 0 Å². The Morgan fingerprint density at radius 3 is 2.75 bits per heavy atom. The average molecular weight is 114 g/mol. The summed E-state index contributed by atoms with van der Waals surface area (Å²) in [7, 11) is 3.93. The van der Waals surface area contributed by atoms with Crippen LogP contribution in [0.1, 0.15) is 12.8 Å². The van der Waals surface area contributed by atoms with Gasteiger partial charge in [-0.3, -0.25) is 0 Å². The summed E-state index contributed by atoms with van der Waals surface area (Å²) in [5, 5.41) is 0. The molecule has 1 aliphatic heterocycles. The molecule has 0 aromatic carbocycles. The van der Waals surface area contributed by atoms with Gasteiger partial charge in [0, 0.05) is 13.0 Å². The molecule has 1 aliphatic rings. The van der Waals surface area contributed by atoms with Crippen LogP contribution in [-0.4, -0.2) is 19.1 Å². The number of quaternary nitrogens is 1. The van der Waals surface area contributed by atoms with Crippen LogP contribution in [0.5, 0.6) is 0 Å². The molecule has 1 saturated heterocycles. The maximum absolute atomic E-state index is 5.46. The summed E-state index contributed by atoms with van der Waals surface area (Å²) in [4.78, 5) is 1.37. The summed E-state index contributed by atoms with van der Waals surface area (Å²) in [5.74, 6) is 0. The van der Waals surface area contributed by atoms with Crippen molar-refractivity contribution in [1.29, 1.82) is 0 Å². The molecule has 0 radical (unpaired) electrons. The van der Waals surface area contributed by atoms with Crippen molar-refractivity contribution in [3.63, 3.8) is 0 Å². The Morgan fingerprint density at radius 1 is 1.75 bits per heavy atom. The molecule has 1 unspecified atom stereocenters. The number of hydrogen-bond donors (Lipinski definition) is 2. The molecular weight excluding hydrogens is 100 g/mol. The van der Waals surface area contributed by atoms with Gasteiger partial charge < -0.3 is 10.6 Å². The summed E-state index contributed by atoms with van der Waals surface area (Å²) < 4.78 is 0. The Bertz CT molecular complexity index is 72.9. The molecule has 0 bridgehead atoms. The highest BCUT2D eigenvalue weighted by molar-refractivity contribution is 4.61. The van der Waals surface area contributed by atoms with Crippen LogP contribution in [0.3, 0.4) is 0 Å². The first-order valence-corrected chi connectivity index (χ1v) is 3.22. The summed E-state index contributed by atoms with van der Waals surface area (Å²) in [6.07, 6.45) is 2.58. The van der Waals surface area contributed by atoms with E-state index in [2.05, 4.69) is 7.05 Å². The van der Waals surface area contributed by atoms with E-state index in [4.69, 9.17) is 5.73 Å². The summed E-state index contributed by atoms with van der Waals surface area (Å²) in [6.45, 7) is 2.01. The Morgan fingerprint density at radius 2 is 2.50 bits per heavy atom.